The molecule has 0 radical (unpaired) electrons. The summed E-state index contributed by atoms with van der Waals surface area (Å²) in [7, 11) is 0. The van der Waals surface area contributed by atoms with Gasteiger partial charge in [-0.3, -0.25) is 9.69 Å². The summed E-state index contributed by atoms with van der Waals surface area (Å²) >= 11 is 0. The molecular weight excluding hydrogens is 400 g/mol. The molecular formula is C19H30N10O2. The molecule has 3 rings (SSSR count). The van der Waals surface area contributed by atoms with Crippen LogP contribution in [0.1, 0.15) is 58.6 Å². The summed E-state index contributed by atoms with van der Waals surface area (Å²) in [6.07, 6.45) is 5.50. The number of nitrogens with zero attached hydrogens (tertiary/aromatic N) is 10. The molecule has 0 amide bonds. The molecule has 3 aromatic heterocycles. The van der Waals surface area contributed by atoms with Crippen molar-refractivity contribution in [3.8, 4) is 0 Å². The van der Waals surface area contributed by atoms with E-state index in [1.807, 2.05) is 21.8 Å². The number of aromatic nitrogens is 9. The lowest BCUT2D eigenvalue weighted by Crippen LogP contribution is -2.24. The van der Waals surface area contributed by atoms with Crippen molar-refractivity contribution in [3.63, 3.8) is 0 Å². The quantitative estimate of drug-likeness (QED) is 0.560. The minimum atomic E-state index is -0.967. The molecule has 0 aliphatic carbocycles. The van der Waals surface area contributed by atoms with E-state index < -0.39 is 5.97 Å². The third-order valence-corrected chi connectivity index (χ3v) is 4.50. The zero-order valence-corrected chi connectivity index (χ0v) is 18.9. The summed E-state index contributed by atoms with van der Waals surface area (Å²) < 4.78 is 4.97. The lowest BCUT2D eigenvalue weighted by Gasteiger charge is -2.20. The molecule has 0 unspecified atom stereocenters. The molecule has 0 atom stereocenters. The van der Waals surface area contributed by atoms with Gasteiger partial charge >= 0.3 is 5.97 Å². The van der Waals surface area contributed by atoms with Crippen LogP contribution in [0.2, 0.25) is 0 Å². The van der Waals surface area contributed by atoms with Gasteiger partial charge in [0.05, 0.1) is 46.8 Å². The van der Waals surface area contributed by atoms with Crippen LogP contribution < -0.4 is 0 Å². The van der Waals surface area contributed by atoms with Crippen molar-refractivity contribution in [2.24, 2.45) is 0 Å². The predicted octanol–water partition coefficient (Wildman–Crippen LogP) is 1.26. The van der Waals surface area contributed by atoms with Crippen LogP contribution in [0.3, 0.4) is 0 Å². The molecule has 0 spiro atoms. The summed E-state index contributed by atoms with van der Waals surface area (Å²) in [5, 5.41) is 34.0. The smallest absolute Gasteiger partial charge is 0.325 e. The van der Waals surface area contributed by atoms with Crippen molar-refractivity contribution in [1.82, 2.24) is 49.9 Å². The van der Waals surface area contributed by atoms with Gasteiger partial charge in [0.15, 0.2) is 0 Å². The molecule has 0 saturated carbocycles. The molecule has 1 N–H and O–H groups in total. The Balaban J connectivity index is 1.79. The van der Waals surface area contributed by atoms with Gasteiger partial charge in [-0.15, -0.1) is 15.3 Å². The normalized spacial score (nSPS) is 12.6. The Hall–Kier alpha value is -3.15. The number of hydrogen-bond acceptors (Lipinski definition) is 8. The van der Waals surface area contributed by atoms with Crippen molar-refractivity contribution in [1.29, 1.82) is 0 Å². The molecule has 0 aliphatic rings. The van der Waals surface area contributed by atoms with Crippen LogP contribution in [0.25, 0.3) is 0 Å². The Bertz CT molecular complexity index is 967. The van der Waals surface area contributed by atoms with Gasteiger partial charge in [-0.1, -0.05) is 15.6 Å². The molecule has 0 aromatic carbocycles. The molecule has 12 heteroatoms. The number of hydrogen-bond donors (Lipinski definition) is 1. The first kappa shape index (κ1) is 22.5. The van der Waals surface area contributed by atoms with E-state index in [9.17, 15) is 4.79 Å². The molecule has 168 valence electrons. The zero-order chi connectivity index (χ0) is 22.8. The second-order valence-corrected chi connectivity index (χ2v) is 9.60. The minimum absolute atomic E-state index is 0.162. The topological polar surface area (TPSA) is 133 Å². The van der Waals surface area contributed by atoms with Gasteiger partial charge in [0, 0.05) is 19.6 Å². The van der Waals surface area contributed by atoms with E-state index in [1.54, 1.807) is 6.20 Å². The maximum atomic E-state index is 10.9. The predicted molar refractivity (Wildman–Crippen MR) is 111 cm³/mol. The first-order valence-corrected chi connectivity index (χ1v) is 10.1. The monoisotopic (exact) mass is 430 g/mol. The van der Waals surface area contributed by atoms with E-state index >= 15 is 0 Å². The SMILES string of the molecule is CC(C)(C)n1cc(CN(Cc2cn(CC(=O)O)nn2)Cc2cn(C(C)(C)C)nn2)nn1. The van der Waals surface area contributed by atoms with E-state index in [0.29, 0.717) is 25.3 Å². The Kier molecular flexibility index (Phi) is 6.20. The van der Waals surface area contributed by atoms with Crippen molar-refractivity contribution >= 4 is 5.97 Å². The van der Waals surface area contributed by atoms with Gasteiger partial charge < -0.3 is 5.11 Å². The summed E-state index contributed by atoms with van der Waals surface area (Å²) in [5.74, 6) is -0.967. The zero-order valence-electron chi connectivity index (χ0n) is 18.9. The van der Waals surface area contributed by atoms with Gasteiger partial charge in [-0.05, 0) is 41.5 Å². The summed E-state index contributed by atoms with van der Waals surface area (Å²) in [6.45, 7) is 13.6. The van der Waals surface area contributed by atoms with E-state index in [2.05, 4.69) is 77.4 Å². The largest absolute Gasteiger partial charge is 0.480 e. The fraction of sp³-hybridized carbons (Fsp3) is 0.632. The maximum absolute atomic E-state index is 10.9. The summed E-state index contributed by atoms with van der Waals surface area (Å²) in [4.78, 5) is 13.0. The average molecular weight is 431 g/mol. The maximum Gasteiger partial charge on any atom is 0.325 e. The molecule has 3 heterocycles. The van der Waals surface area contributed by atoms with Gasteiger partial charge in [-0.25, -0.2) is 14.0 Å². The van der Waals surface area contributed by atoms with Crippen LogP contribution in [-0.4, -0.2) is 61.0 Å². The Morgan fingerprint density at radius 2 is 1.23 bits per heavy atom. The van der Waals surface area contributed by atoms with Crippen molar-refractivity contribution in [2.75, 3.05) is 0 Å². The third kappa shape index (κ3) is 6.17. The van der Waals surface area contributed by atoms with Crippen LogP contribution in [0, 0.1) is 0 Å². The van der Waals surface area contributed by atoms with Gasteiger partial charge in [0.25, 0.3) is 0 Å². The molecule has 0 saturated heterocycles. The highest BCUT2D eigenvalue weighted by Gasteiger charge is 2.20. The summed E-state index contributed by atoms with van der Waals surface area (Å²) in [6, 6.07) is 0. The fourth-order valence-corrected chi connectivity index (χ4v) is 2.88. The minimum Gasteiger partial charge on any atom is -0.480 e. The number of aliphatic carboxylic acids is 1. The number of carbonyl (C=O) groups is 1. The Morgan fingerprint density at radius 1 is 0.806 bits per heavy atom. The van der Waals surface area contributed by atoms with Gasteiger partial charge in [0.1, 0.15) is 6.54 Å². The number of rotatable bonds is 8. The molecule has 3 aromatic rings. The highest BCUT2D eigenvalue weighted by atomic mass is 16.4. The van der Waals surface area contributed by atoms with Crippen LogP contribution >= 0.6 is 0 Å². The highest BCUT2D eigenvalue weighted by Crippen LogP contribution is 2.16. The highest BCUT2D eigenvalue weighted by molar-refractivity contribution is 5.66. The standard InChI is InChI=1S/C19H30N10O2/c1-18(2,3)28-11-15(21-24-28)8-26(7-14-10-27(23-20-14)13-17(30)31)9-16-12-29(25-22-16)19(4,5)6/h10-12H,7-9,13H2,1-6H3,(H,30,31). The number of carboxylic acid groups (broad SMARTS) is 1. The average Bonchev–Trinajstić information content (AvgIpc) is 3.34. The van der Waals surface area contributed by atoms with Gasteiger partial charge in [-0.2, -0.15) is 0 Å². The molecule has 0 fully saturated rings. The second-order valence-electron chi connectivity index (χ2n) is 9.60. The second kappa shape index (κ2) is 8.53. The van der Waals surface area contributed by atoms with Gasteiger partial charge in [0.2, 0.25) is 0 Å². The Labute approximate surface area is 180 Å². The molecule has 31 heavy (non-hydrogen) atoms. The first-order chi connectivity index (χ1) is 14.4. The van der Waals surface area contributed by atoms with E-state index in [1.165, 1.54) is 4.68 Å². The van der Waals surface area contributed by atoms with E-state index in [0.717, 1.165) is 11.4 Å². The number of carboxylic acids is 1. The van der Waals surface area contributed by atoms with Crippen LogP contribution in [-0.2, 0) is 42.1 Å². The first-order valence-electron chi connectivity index (χ1n) is 10.1. The van der Waals surface area contributed by atoms with Crippen molar-refractivity contribution in [3.05, 3.63) is 35.7 Å². The summed E-state index contributed by atoms with van der Waals surface area (Å²) in [5.41, 5.74) is 1.97. The lowest BCUT2D eigenvalue weighted by molar-refractivity contribution is -0.137. The molecule has 0 aliphatic heterocycles. The van der Waals surface area contributed by atoms with E-state index in [-0.39, 0.29) is 17.6 Å². The Morgan fingerprint density at radius 3 is 1.61 bits per heavy atom. The van der Waals surface area contributed by atoms with E-state index in [4.69, 9.17) is 5.11 Å². The molecule has 0 bridgehead atoms. The fourth-order valence-electron chi connectivity index (χ4n) is 2.88. The van der Waals surface area contributed by atoms with Crippen molar-refractivity contribution in [2.45, 2.75) is 78.8 Å². The van der Waals surface area contributed by atoms with Crippen LogP contribution in [0.5, 0.6) is 0 Å². The third-order valence-electron chi connectivity index (χ3n) is 4.50. The van der Waals surface area contributed by atoms with Crippen LogP contribution in [0.15, 0.2) is 18.6 Å². The lowest BCUT2D eigenvalue weighted by atomic mass is 10.1. The van der Waals surface area contributed by atoms with Crippen LogP contribution in [0.4, 0.5) is 0 Å². The van der Waals surface area contributed by atoms with Crippen molar-refractivity contribution < 1.29 is 9.90 Å². The molecule has 12 nitrogen and oxygen atoms in total.